The summed E-state index contributed by atoms with van der Waals surface area (Å²) < 4.78 is 18.0. The maximum Gasteiger partial charge on any atom is 0.302 e. The number of thioether (sulfide) groups is 1. The van der Waals surface area contributed by atoms with Gasteiger partial charge in [-0.1, -0.05) is 51.5 Å². The number of benzene rings is 1. The zero-order chi connectivity index (χ0) is 27.0. The van der Waals surface area contributed by atoms with Crippen molar-refractivity contribution in [3.05, 3.63) is 29.3 Å². The van der Waals surface area contributed by atoms with Gasteiger partial charge in [0.15, 0.2) is 0 Å². The van der Waals surface area contributed by atoms with Gasteiger partial charge in [-0.2, -0.15) is 11.8 Å². The van der Waals surface area contributed by atoms with Crippen molar-refractivity contribution in [1.29, 1.82) is 0 Å². The Hall–Kier alpha value is -1.23. The molecule has 0 aliphatic heterocycles. The van der Waals surface area contributed by atoms with E-state index < -0.39 is 0 Å². The predicted octanol–water partition coefficient (Wildman–Crippen LogP) is 9.01. The average molecular weight is 547 g/mol. The van der Waals surface area contributed by atoms with Gasteiger partial charge in [-0.3, -0.25) is 9.18 Å². The molecule has 1 aromatic rings. The monoisotopic (exact) mass is 546 g/mol. The minimum atomic E-state index is -0.171. The molecule has 2 saturated carbocycles. The lowest BCUT2D eigenvalue weighted by atomic mass is 9.52. The smallest absolute Gasteiger partial charge is 0.302 e. The molecule has 1 N–H and O–H groups in total. The van der Waals surface area contributed by atoms with E-state index in [9.17, 15) is 14.3 Å². The number of fused-ring (bicyclic) bond motifs is 5. The summed E-state index contributed by atoms with van der Waals surface area (Å²) in [7, 11) is 0. The summed E-state index contributed by atoms with van der Waals surface area (Å²) in [5, 5.41) is 10.2. The SMILES string of the molecule is CC(=O)O[C@H]1CCC2C3C(CC[C@@]21C)c1ccc(O)cc1C[C@H]3CCCCCCCCCSCCCCF. The lowest BCUT2D eigenvalue weighted by Gasteiger charge is -2.53. The molecule has 0 amide bonds. The number of ether oxygens (including phenoxy) is 1. The number of carbonyl (C=O) groups excluding carboxylic acids is 1. The van der Waals surface area contributed by atoms with Gasteiger partial charge in [0.2, 0.25) is 0 Å². The van der Waals surface area contributed by atoms with Crippen LogP contribution >= 0.6 is 11.8 Å². The lowest BCUT2D eigenvalue weighted by Crippen LogP contribution is -2.48. The zero-order valence-electron chi connectivity index (χ0n) is 23.9. The number of unbranched alkanes of at least 4 members (excludes halogenated alkanes) is 7. The summed E-state index contributed by atoms with van der Waals surface area (Å²) in [6, 6.07) is 6.11. The number of phenols is 1. The minimum Gasteiger partial charge on any atom is -0.508 e. The Balaban J connectivity index is 1.27. The van der Waals surface area contributed by atoms with Crippen molar-refractivity contribution in [2.24, 2.45) is 23.2 Å². The van der Waals surface area contributed by atoms with Crippen molar-refractivity contribution in [3.8, 4) is 5.75 Å². The molecule has 0 heterocycles. The molecule has 5 heteroatoms. The Morgan fingerprint density at radius 3 is 2.47 bits per heavy atom. The third kappa shape index (κ3) is 7.29. The summed E-state index contributed by atoms with van der Waals surface area (Å²) in [6.45, 7) is 3.79. The van der Waals surface area contributed by atoms with Gasteiger partial charge < -0.3 is 9.84 Å². The van der Waals surface area contributed by atoms with Gasteiger partial charge in [-0.15, -0.1) is 0 Å². The first-order chi connectivity index (χ1) is 18.4. The molecule has 38 heavy (non-hydrogen) atoms. The molecule has 4 rings (SSSR count). The minimum absolute atomic E-state index is 0.0707. The first kappa shape index (κ1) is 29.7. The fourth-order valence-electron chi connectivity index (χ4n) is 8.30. The van der Waals surface area contributed by atoms with Crippen molar-refractivity contribution in [2.75, 3.05) is 18.2 Å². The van der Waals surface area contributed by atoms with Crippen LogP contribution in [0.1, 0.15) is 121 Å². The van der Waals surface area contributed by atoms with Crippen LogP contribution in [0.15, 0.2) is 18.2 Å². The maximum atomic E-state index is 12.1. The summed E-state index contributed by atoms with van der Waals surface area (Å²) in [4.78, 5) is 11.9. The summed E-state index contributed by atoms with van der Waals surface area (Å²) >= 11 is 1.99. The normalized spacial score (nSPS) is 29.9. The Labute approximate surface area is 235 Å². The fraction of sp³-hybridized carbons (Fsp3) is 0.788. The van der Waals surface area contributed by atoms with Crippen LogP contribution in [-0.4, -0.2) is 35.4 Å². The Morgan fingerprint density at radius 2 is 1.74 bits per heavy atom. The van der Waals surface area contributed by atoms with E-state index in [1.54, 1.807) is 6.92 Å². The number of esters is 1. The molecule has 0 aromatic heterocycles. The molecule has 3 unspecified atom stereocenters. The molecule has 3 aliphatic rings. The molecule has 6 atom stereocenters. The number of carbonyl (C=O) groups is 1. The first-order valence-electron chi connectivity index (χ1n) is 15.6. The Morgan fingerprint density at radius 1 is 1.03 bits per heavy atom. The topological polar surface area (TPSA) is 46.5 Å². The van der Waals surface area contributed by atoms with Crippen LogP contribution in [0.3, 0.4) is 0 Å². The van der Waals surface area contributed by atoms with Crippen molar-refractivity contribution in [1.82, 2.24) is 0 Å². The van der Waals surface area contributed by atoms with Gasteiger partial charge in [-0.25, -0.2) is 0 Å². The molecular formula is C33H51FO3S. The second kappa shape index (κ2) is 14.4. The van der Waals surface area contributed by atoms with Crippen LogP contribution in [0.2, 0.25) is 0 Å². The van der Waals surface area contributed by atoms with Crippen LogP contribution in [0, 0.1) is 23.2 Å². The number of hydrogen-bond acceptors (Lipinski definition) is 4. The standard InChI is InChI=1S/C33H51FO3S/c1-24(35)37-31-16-15-30-32-25(12-8-6-4-3-5-7-10-20-38-21-11-9-19-34)22-26-23-27(36)13-14-28(26)29(32)17-18-33(30,31)2/h13-14,23,25,29-32,36H,3-12,15-22H2,1-2H3/t25-,29?,30?,31+,32?,33+/m1/s1. The van der Waals surface area contributed by atoms with E-state index in [2.05, 4.69) is 13.0 Å². The van der Waals surface area contributed by atoms with E-state index in [0.717, 1.165) is 44.3 Å². The highest BCUT2D eigenvalue weighted by Crippen LogP contribution is 2.63. The van der Waals surface area contributed by atoms with Gasteiger partial charge in [-0.05, 0) is 116 Å². The van der Waals surface area contributed by atoms with Crippen molar-refractivity contribution in [2.45, 2.75) is 122 Å². The number of phenolic OH excluding ortho intramolecular Hbond substituents is 1. The van der Waals surface area contributed by atoms with E-state index >= 15 is 0 Å². The molecule has 1 aromatic carbocycles. The van der Waals surface area contributed by atoms with Crippen molar-refractivity contribution >= 4 is 17.7 Å². The number of aromatic hydroxyl groups is 1. The Bertz CT molecular complexity index is 891. The number of alkyl halides is 1. The largest absolute Gasteiger partial charge is 0.508 e. The number of halogens is 1. The van der Waals surface area contributed by atoms with Gasteiger partial charge >= 0.3 is 5.97 Å². The zero-order valence-corrected chi connectivity index (χ0v) is 24.7. The van der Waals surface area contributed by atoms with E-state index in [1.165, 1.54) is 74.7 Å². The van der Waals surface area contributed by atoms with Crippen molar-refractivity contribution < 1.29 is 19.0 Å². The molecule has 0 spiro atoms. The molecule has 214 valence electrons. The highest BCUT2D eigenvalue weighted by Gasteiger charge is 2.57. The van der Waals surface area contributed by atoms with E-state index in [-0.39, 0.29) is 24.2 Å². The second-order valence-corrected chi connectivity index (χ2v) is 13.9. The first-order valence-corrected chi connectivity index (χ1v) is 16.7. The van der Waals surface area contributed by atoms with Gasteiger partial charge in [0.05, 0.1) is 6.67 Å². The highest BCUT2D eigenvalue weighted by molar-refractivity contribution is 7.99. The summed E-state index contributed by atoms with van der Waals surface area (Å²) in [6.07, 6.45) is 17.9. The highest BCUT2D eigenvalue weighted by atomic mass is 32.2. The second-order valence-electron chi connectivity index (χ2n) is 12.6. The van der Waals surface area contributed by atoms with Gasteiger partial charge in [0.1, 0.15) is 11.9 Å². The van der Waals surface area contributed by atoms with Crippen LogP contribution in [0.5, 0.6) is 5.75 Å². The maximum absolute atomic E-state index is 12.1. The van der Waals surface area contributed by atoms with Crippen LogP contribution < -0.4 is 0 Å². The summed E-state index contributed by atoms with van der Waals surface area (Å²) in [5.41, 5.74) is 2.95. The van der Waals surface area contributed by atoms with E-state index in [4.69, 9.17) is 4.74 Å². The summed E-state index contributed by atoms with van der Waals surface area (Å²) in [5.74, 6) is 5.12. The van der Waals surface area contributed by atoms with Crippen LogP contribution in [0.25, 0.3) is 0 Å². The van der Waals surface area contributed by atoms with Crippen LogP contribution in [-0.2, 0) is 16.0 Å². The molecule has 2 fully saturated rings. The van der Waals surface area contributed by atoms with E-state index in [0.29, 0.717) is 29.4 Å². The molecule has 3 nitrogen and oxygen atoms in total. The van der Waals surface area contributed by atoms with Crippen LogP contribution in [0.4, 0.5) is 4.39 Å². The molecule has 3 aliphatic carbocycles. The van der Waals surface area contributed by atoms with Gasteiger partial charge in [0, 0.05) is 12.3 Å². The van der Waals surface area contributed by atoms with E-state index in [1.807, 2.05) is 23.9 Å². The lowest BCUT2D eigenvalue weighted by molar-refractivity contribution is -0.155. The molecule has 0 saturated heterocycles. The Kier molecular flexibility index (Phi) is 11.3. The molecule has 0 radical (unpaired) electrons. The molecular weight excluding hydrogens is 495 g/mol. The number of hydrogen-bond donors (Lipinski definition) is 1. The predicted molar refractivity (Wildman–Crippen MR) is 157 cm³/mol. The number of rotatable bonds is 15. The van der Waals surface area contributed by atoms with Gasteiger partial charge in [0.25, 0.3) is 0 Å². The quantitative estimate of drug-likeness (QED) is 0.176. The molecule has 0 bridgehead atoms. The van der Waals surface area contributed by atoms with Crippen molar-refractivity contribution in [3.63, 3.8) is 0 Å². The fourth-order valence-corrected chi connectivity index (χ4v) is 9.32. The third-order valence-electron chi connectivity index (χ3n) is 10.1. The average Bonchev–Trinajstić information content (AvgIpc) is 3.21. The third-order valence-corrected chi connectivity index (χ3v) is 11.3.